The molecule has 0 unspecified atom stereocenters. The fourth-order valence-electron chi connectivity index (χ4n) is 2.61. The van der Waals surface area contributed by atoms with Crippen LogP contribution >= 0.6 is 23.1 Å². The second-order valence-electron chi connectivity index (χ2n) is 6.19. The second-order valence-corrected chi connectivity index (χ2v) is 8.08. The Labute approximate surface area is 158 Å². The van der Waals surface area contributed by atoms with Crippen molar-refractivity contribution >= 4 is 34.7 Å². The van der Waals surface area contributed by atoms with Gasteiger partial charge in [-0.2, -0.15) is 0 Å². The Morgan fingerprint density at radius 2 is 2.23 bits per heavy atom. The van der Waals surface area contributed by atoms with Crippen LogP contribution in [0.1, 0.15) is 24.4 Å². The third kappa shape index (κ3) is 3.66. The van der Waals surface area contributed by atoms with E-state index in [9.17, 15) is 9.18 Å². The summed E-state index contributed by atoms with van der Waals surface area (Å²) in [6.45, 7) is 1.69. The number of hydrogen-bond acceptors (Lipinski definition) is 5. The number of nitrogens with zero attached hydrogens (tertiary/aromatic N) is 3. The van der Waals surface area contributed by atoms with Gasteiger partial charge in [0.2, 0.25) is 5.91 Å². The monoisotopic (exact) mass is 388 g/mol. The summed E-state index contributed by atoms with van der Waals surface area (Å²) in [5.74, 6) is 0.543. The van der Waals surface area contributed by atoms with Crippen molar-refractivity contribution in [3.05, 3.63) is 47.1 Å². The first-order valence-corrected chi connectivity index (χ1v) is 10.2. The average molecular weight is 388 g/mol. The standard InChI is InChI=1S/C18H17FN4OS2/c1-11-4-5-12(9-14(11)19)20-16(24)10-26-18-22-21-17(15-3-2-8-25-15)23(18)13-6-7-13/h2-5,8-9,13H,6-7,10H2,1H3,(H,20,24). The number of thiophene rings is 1. The first-order valence-electron chi connectivity index (χ1n) is 8.29. The highest BCUT2D eigenvalue weighted by Gasteiger charge is 2.30. The van der Waals surface area contributed by atoms with Gasteiger partial charge in [-0.3, -0.25) is 9.36 Å². The number of benzene rings is 1. The molecule has 5 nitrogen and oxygen atoms in total. The van der Waals surface area contributed by atoms with Gasteiger partial charge in [0.15, 0.2) is 11.0 Å². The molecule has 0 saturated heterocycles. The molecule has 8 heteroatoms. The molecule has 1 aromatic carbocycles. The summed E-state index contributed by atoms with van der Waals surface area (Å²) in [5, 5.41) is 14.1. The van der Waals surface area contributed by atoms with E-state index in [-0.39, 0.29) is 17.5 Å². The molecule has 2 aromatic heterocycles. The average Bonchev–Trinajstić information content (AvgIpc) is 3.15. The van der Waals surface area contributed by atoms with E-state index >= 15 is 0 Å². The topological polar surface area (TPSA) is 59.8 Å². The number of carbonyl (C=O) groups excluding carboxylic acids is 1. The Balaban J connectivity index is 1.44. The summed E-state index contributed by atoms with van der Waals surface area (Å²) in [4.78, 5) is 13.3. The molecule has 0 radical (unpaired) electrons. The normalized spacial score (nSPS) is 13.8. The minimum absolute atomic E-state index is 0.193. The molecule has 26 heavy (non-hydrogen) atoms. The third-order valence-electron chi connectivity index (χ3n) is 4.11. The molecular weight excluding hydrogens is 371 g/mol. The Kier molecular flexibility index (Phi) is 4.78. The number of carbonyl (C=O) groups is 1. The predicted molar refractivity (Wildman–Crippen MR) is 102 cm³/mol. The number of halogens is 1. The molecule has 1 N–H and O–H groups in total. The number of thioether (sulfide) groups is 1. The van der Waals surface area contributed by atoms with Crippen LogP contribution < -0.4 is 5.32 Å². The number of anilines is 1. The van der Waals surface area contributed by atoms with Crippen molar-refractivity contribution in [3.8, 4) is 10.7 Å². The van der Waals surface area contributed by atoms with Gasteiger partial charge in [-0.1, -0.05) is 23.9 Å². The molecule has 1 saturated carbocycles. The molecule has 0 bridgehead atoms. The molecule has 4 rings (SSSR count). The lowest BCUT2D eigenvalue weighted by molar-refractivity contribution is -0.113. The summed E-state index contributed by atoms with van der Waals surface area (Å²) in [7, 11) is 0. The predicted octanol–water partition coefficient (Wildman–Crippen LogP) is 4.52. The molecule has 2 heterocycles. The lowest BCUT2D eigenvalue weighted by Crippen LogP contribution is -2.14. The quantitative estimate of drug-likeness (QED) is 0.631. The lowest BCUT2D eigenvalue weighted by Gasteiger charge is -2.08. The number of rotatable bonds is 6. The van der Waals surface area contributed by atoms with Crippen LogP contribution in [0, 0.1) is 12.7 Å². The van der Waals surface area contributed by atoms with Gasteiger partial charge in [0.05, 0.1) is 10.6 Å². The zero-order valence-electron chi connectivity index (χ0n) is 14.1. The van der Waals surface area contributed by atoms with Crippen molar-refractivity contribution in [3.63, 3.8) is 0 Å². The smallest absolute Gasteiger partial charge is 0.234 e. The molecule has 1 aliphatic carbocycles. The fraction of sp³-hybridized carbons (Fsp3) is 0.278. The van der Waals surface area contributed by atoms with Crippen molar-refractivity contribution in [1.82, 2.24) is 14.8 Å². The van der Waals surface area contributed by atoms with Gasteiger partial charge >= 0.3 is 0 Å². The number of nitrogens with one attached hydrogen (secondary N) is 1. The largest absolute Gasteiger partial charge is 0.325 e. The molecule has 1 aliphatic rings. The van der Waals surface area contributed by atoms with Crippen LogP contribution in [0.25, 0.3) is 10.7 Å². The van der Waals surface area contributed by atoms with E-state index in [2.05, 4.69) is 20.1 Å². The summed E-state index contributed by atoms with van der Waals surface area (Å²) < 4.78 is 15.7. The fourth-order valence-corrected chi connectivity index (χ4v) is 4.12. The maximum absolute atomic E-state index is 13.6. The van der Waals surface area contributed by atoms with E-state index in [1.165, 1.54) is 17.8 Å². The minimum Gasteiger partial charge on any atom is -0.325 e. The lowest BCUT2D eigenvalue weighted by atomic mass is 10.2. The summed E-state index contributed by atoms with van der Waals surface area (Å²) in [5.41, 5.74) is 1.01. The van der Waals surface area contributed by atoms with Crippen LogP contribution in [0.2, 0.25) is 0 Å². The molecule has 0 spiro atoms. The van der Waals surface area contributed by atoms with Gasteiger partial charge in [-0.25, -0.2) is 4.39 Å². The van der Waals surface area contributed by atoms with E-state index in [0.717, 1.165) is 28.7 Å². The Morgan fingerprint density at radius 1 is 1.38 bits per heavy atom. The number of hydrogen-bond donors (Lipinski definition) is 1. The zero-order chi connectivity index (χ0) is 18.1. The molecule has 0 aliphatic heterocycles. The SMILES string of the molecule is Cc1ccc(NC(=O)CSc2nnc(-c3cccs3)n2C2CC2)cc1F. The molecule has 1 amide bonds. The van der Waals surface area contributed by atoms with Crippen molar-refractivity contribution in [2.24, 2.45) is 0 Å². The van der Waals surface area contributed by atoms with Crippen molar-refractivity contribution in [1.29, 1.82) is 0 Å². The molecule has 1 fully saturated rings. The highest BCUT2D eigenvalue weighted by atomic mass is 32.2. The molecular formula is C18H17FN4OS2. The summed E-state index contributed by atoms with van der Waals surface area (Å²) in [6.07, 6.45) is 2.22. The highest BCUT2D eigenvalue weighted by molar-refractivity contribution is 7.99. The van der Waals surface area contributed by atoms with Crippen molar-refractivity contribution in [2.45, 2.75) is 31.0 Å². The second kappa shape index (κ2) is 7.20. The molecule has 3 aromatic rings. The number of aromatic nitrogens is 3. The van der Waals surface area contributed by atoms with Gasteiger partial charge in [0, 0.05) is 11.7 Å². The van der Waals surface area contributed by atoms with Crippen LogP contribution in [0.4, 0.5) is 10.1 Å². The van der Waals surface area contributed by atoms with Crippen molar-refractivity contribution < 1.29 is 9.18 Å². The maximum Gasteiger partial charge on any atom is 0.234 e. The van der Waals surface area contributed by atoms with E-state index in [1.807, 2.05) is 17.5 Å². The van der Waals surface area contributed by atoms with Crippen LogP contribution in [0.5, 0.6) is 0 Å². The Morgan fingerprint density at radius 3 is 2.92 bits per heavy atom. The van der Waals surface area contributed by atoms with E-state index in [0.29, 0.717) is 17.3 Å². The van der Waals surface area contributed by atoms with Gasteiger partial charge in [0.25, 0.3) is 0 Å². The Hall–Kier alpha value is -2.19. The summed E-state index contributed by atoms with van der Waals surface area (Å²) >= 11 is 2.99. The molecule has 0 atom stereocenters. The van der Waals surface area contributed by atoms with E-state index in [1.54, 1.807) is 30.4 Å². The Bertz CT molecular complexity index is 935. The third-order valence-corrected chi connectivity index (χ3v) is 5.91. The van der Waals surface area contributed by atoms with Crippen LogP contribution in [0.15, 0.2) is 40.9 Å². The van der Waals surface area contributed by atoms with Crippen LogP contribution in [0.3, 0.4) is 0 Å². The van der Waals surface area contributed by atoms with Gasteiger partial charge in [0.1, 0.15) is 5.82 Å². The van der Waals surface area contributed by atoms with Gasteiger partial charge in [-0.05, 0) is 48.9 Å². The molecule has 134 valence electrons. The van der Waals surface area contributed by atoms with Gasteiger partial charge < -0.3 is 5.32 Å². The summed E-state index contributed by atoms with van der Waals surface area (Å²) in [6, 6.07) is 9.11. The van der Waals surface area contributed by atoms with E-state index < -0.39 is 0 Å². The van der Waals surface area contributed by atoms with Gasteiger partial charge in [-0.15, -0.1) is 21.5 Å². The first kappa shape index (κ1) is 17.2. The first-order chi connectivity index (χ1) is 12.6. The van der Waals surface area contributed by atoms with Crippen molar-refractivity contribution in [2.75, 3.05) is 11.1 Å². The van der Waals surface area contributed by atoms with Crippen LogP contribution in [-0.2, 0) is 4.79 Å². The van der Waals surface area contributed by atoms with E-state index in [4.69, 9.17) is 0 Å². The zero-order valence-corrected chi connectivity index (χ0v) is 15.7. The minimum atomic E-state index is -0.329. The maximum atomic E-state index is 13.6. The number of amides is 1. The highest BCUT2D eigenvalue weighted by Crippen LogP contribution is 2.41. The van der Waals surface area contributed by atoms with Crippen LogP contribution in [-0.4, -0.2) is 26.4 Å². The number of aryl methyl sites for hydroxylation is 1.